The minimum Gasteiger partial charge on any atom is -0.610 e. The summed E-state index contributed by atoms with van der Waals surface area (Å²) in [6.45, 7) is 7.45. The lowest BCUT2D eigenvalue weighted by atomic mass is 9.94. The average molecular weight is 488 g/mol. The van der Waals surface area contributed by atoms with Crippen molar-refractivity contribution in [1.82, 2.24) is 14.9 Å². The molecule has 2 aromatic heterocycles. The van der Waals surface area contributed by atoms with Gasteiger partial charge in [-0.2, -0.15) is 0 Å². The van der Waals surface area contributed by atoms with Crippen molar-refractivity contribution in [2.45, 2.75) is 55.0 Å². The highest BCUT2D eigenvalue weighted by atomic mass is 32.2. The number of nitrogens with one attached hydrogen (secondary N) is 1. The smallest absolute Gasteiger partial charge is 0.253 e. The van der Waals surface area contributed by atoms with E-state index in [4.69, 9.17) is 10.2 Å². The fraction of sp³-hybridized carbons (Fsp3) is 0.435. The van der Waals surface area contributed by atoms with Crippen LogP contribution in [-0.4, -0.2) is 44.5 Å². The summed E-state index contributed by atoms with van der Waals surface area (Å²) in [4.78, 5) is 23.4. The number of benzene rings is 1. The molecule has 4 rings (SSSR count). The maximum Gasteiger partial charge on any atom is 0.253 e. The second kappa shape index (κ2) is 9.74. The lowest BCUT2D eigenvalue weighted by Gasteiger charge is -2.33. The third-order valence-corrected chi connectivity index (χ3v) is 8.04. The molecule has 3 aromatic rings. The first-order valence-corrected chi connectivity index (χ1v) is 13.0. The lowest BCUT2D eigenvalue weighted by Crippen LogP contribution is -2.45. The second-order valence-electron chi connectivity index (χ2n) is 9.20. The number of carbonyl (C=O) groups is 1. The van der Waals surface area contributed by atoms with Crippen LogP contribution in [0.3, 0.4) is 0 Å². The van der Waals surface area contributed by atoms with Crippen LogP contribution in [0, 0.1) is 0 Å². The van der Waals surface area contributed by atoms with E-state index in [1.54, 1.807) is 36.7 Å². The van der Waals surface area contributed by atoms with Gasteiger partial charge in [0.2, 0.25) is 10.1 Å². The Hall–Kier alpha value is -2.56. The van der Waals surface area contributed by atoms with Crippen LogP contribution in [0.15, 0.2) is 45.3 Å². The number of anilines is 2. The highest BCUT2D eigenvalue weighted by Gasteiger charge is 2.27. The molecule has 2 atom stereocenters. The zero-order chi connectivity index (χ0) is 23.6. The number of oxazole rings is 1. The van der Waals surface area contributed by atoms with Crippen LogP contribution in [0.2, 0.25) is 0 Å². The molecule has 1 fully saturated rings. The maximum atomic E-state index is 12.8. The fourth-order valence-electron chi connectivity index (χ4n) is 3.60. The Balaban J connectivity index is 1.34. The number of piperidine rings is 1. The summed E-state index contributed by atoms with van der Waals surface area (Å²) in [6, 6.07) is 7.09. The summed E-state index contributed by atoms with van der Waals surface area (Å²) in [7, 11) is 0. The van der Waals surface area contributed by atoms with Gasteiger partial charge in [0.25, 0.3) is 5.91 Å². The molecule has 1 amide bonds. The van der Waals surface area contributed by atoms with E-state index in [0.717, 1.165) is 25.1 Å². The summed E-state index contributed by atoms with van der Waals surface area (Å²) in [5, 5.41) is 4.11. The zero-order valence-corrected chi connectivity index (χ0v) is 20.7. The van der Waals surface area contributed by atoms with Gasteiger partial charge in [0.15, 0.2) is 10.9 Å². The molecule has 0 aliphatic carbocycles. The zero-order valence-electron chi connectivity index (χ0n) is 19.0. The number of nitrogens with two attached hydrogens (primary N) is 1. The Morgan fingerprint density at radius 3 is 2.76 bits per heavy atom. The van der Waals surface area contributed by atoms with Crippen molar-refractivity contribution in [3.05, 3.63) is 53.9 Å². The van der Waals surface area contributed by atoms with Crippen molar-refractivity contribution >= 4 is 39.2 Å². The molecule has 8 nitrogen and oxygen atoms in total. The summed E-state index contributed by atoms with van der Waals surface area (Å²) < 4.78 is 19.2. The van der Waals surface area contributed by atoms with Crippen molar-refractivity contribution in [2.24, 2.45) is 0 Å². The van der Waals surface area contributed by atoms with E-state index in [9.17, 15) is 9.35 Å². The lowest BCUT2D eigenvalue weighted by molar-refractivity contribution is 0.0715. The normalized spacial score (nSPS) is 17.7. The van der Waals surface area contributed by atoms with E-state index in [1.807, 2.05) is 25.7 Å². The molecule has 1 aliphatic rings. The number of amides is 1. The second-order valence-corrected chi connectivity index (χ2v) is 11.9. The highest BCUT2D eigenvalue weighted by molar-refractivity contribution is 7.92. The van der Waals surface area contributed by atoms with E-state index < -0.39 is 11.2 Å². The molecule has 176 valence electrons. The van der Waals surface area contributed by atoms with Gasteiger partial charge >= 0.3 is 0 Å². The summed E-state index contributed by atoms with van der Waals surface area (Å²) in [5.74, 6) is 1.45. The Morgan fingerprint density at radius 2 is 2.06 bits per heavy atom. The van der Waals surface area contributed by atoms with Crippen LogP contribution in [-0.2, 0) is 22.3 Å². The number of thiazole rings is 1. The van der Waals surface area contributed by atoms with Crippen LogP contribution in [0.5, 0.6) is 0 Å². The number of likely N-dealkylation sites (tertiary alicyclic amines) is 1. The Kier molecular flexibility index (Phi) is 6.96. The summed E-state index contributed by atoms with van der Waals surface area (Å²) in [5.41, 5.74) is 6.86. The number of hydrogen-bond donors (Lipinski definition) is 2. The molecule has 0 saturated carbocycles. The number of carbonyl (C=O) groups excluding carboxylic acids is 1. The van der Waals surface area contributed by atoms with E-state index >= 15 is 0 Å². The van der Waals surface area contributed by atoms with E-state index in [2.05, 4.69) is 15.3 Å². The average Bonchev–Trinajstić information content (AvgIpc) is 3.44. The molecule has 0 spiro atoms. The number of nitrogen functional groups attached to an aromatic ring is 1. The SMILES string of the molecule is CC(C)(C)c1cnc(C[S+]([O-])c2cnc(N[C@@H]3CCCN(C(=O)c4ccc(N)cc4)C3)s2)o1. The Morgan fingerprint density at radius 1 is 1.30 bits per heavy atom. The van der Waals surface area contributed by atoms with Crippen molar-refractivity contribution in [3.63, 3.8) is 0 Å². The predicted molar refractivity (Wildman–Crippen MR) is 131 cm³/mol. The number of aromatic nitrogens is 2. The van der Waals surface area contributed by atoms with E-state index in [1.165, 1.54) is 11.3 Å². The van der Waals surface area contributed by atoms with Crippen molar-refractivity contribution < 1.29 is 13.8 Å². The first kappa shape index (κ1) is 23.6. The third kappa shape index (κ3) is 5.87. The summed E-state index contributed by atoms with van der Waals surface area (Å²) in [6.07, 6.45) is 5.18. The number of nitrogens with zero attached hydrogens (tertiary/aromatic N) is 3. The largest absolute Gasteiger partial charge is 0.610 e. The van der Waals surface area contributed by atoms with E-state index in [0.29, 0.717) is 33.0 Å². The van der Waals surface area contributed by atoms with Gasteiger partial charge in [0.05, 0.1) is 12.4 Å². The van der Waals surface area contributed by atoms with Gasteiger partial charge in [-0.1, -0.05) is 20.8 Å². The molecule has 3 heterocycles. The Bertz CT molecular complexity index is 1090. The van der Waals surface area contributed by atoms with Crippen LogP contribution in [0.25, 0.3) is 0 Å². The van der Waals surface area contributed by atoms with Gasteiger partial charge in [0, 0.05) is 47.0 Å². The molecule has 1 saturated heterocycles. The first-order valence-electron chi connectivity index (χ1n) is 10.9. The fourth-order valence-corrected chi connectivity index (χ4v) is 5.68. The van der Waals surface area contributed by atoms with Crippen LogP contribution in [0.1, 0.15) is 55.6 Å². The van der Waals surface area contributed by atoms with E-state index in [-0.39, 0.29) is 23.1 Å². The maximum absolute atomic E-state index is 12.8. The van der Waals surface area contributed by atoms with Gasteiger partial charge in [-0.3, -0.25) is 4.79 Å². The Labute approximate surface area is 200 Å². The van der Waals surface area contributed by atoms with Crippen LogP contribution in [0.4, 0.5) is 10.8 Å². The van der Waals surface area contributed by atoms with Gasteiger partial charge < -0.3 is 24.9 Å². The quantitative estimate of drug-likeness (QED) is 0.398. The molecule has 1 unspecified atom stereocenters. The van der Waals surface area contributed by atoms with Crippen molar-refractivity contribution in [2.75, 3.05) is 24.1 Å². The molecule has 0 radical (unpaired) electrons. The van der Waals surface area contributed by atoms with Gasteiger partial charge in [0.1, 0.15) is 5.76 Å². The molecule has 33 heavy (non-hydrogen) atoms. The molecular formula is C23H29N5O3S2. The molecular weight excluding hydrogens is 458 g/mol. The minimum atomic E-state index is -1.29. The monoisotopic (exact) mass is 487 g/mol. The standard InChI is InChI=1S/C23H29N5O3S2/c1-23(2,3)18-11-25-19(31-18)14-33(30)20-12-26-22(32-20)27-17-5-4-10-28(13-17)21(29)15-6-8-16(24)9-7-15/h6-9,11-12,17H,4-5,10,13-14,24H2,1-3H3,(H,26,27)/t17-,33?/m1/s1. The highest BCUT2D eigenvalue weighted by Crippen LogP contribution is 2.29. The third-order valence-electron chi connectivity index (χ3n) is 5.45. The molecule has 0 bridgehead atoms. The first-order chi connectivity index (χ1) is 15.7. The molecule has 1 aromatic carbocycles. The van der Waals surface area contributed by atoms with Crippen LogP contribution >= 0.6 is 11.3 Å². The summed E-state index contributed by atoms with van der Waals surface area (Å²) >= 11 is 0.0749. The van der Waals surface area contributed by atoms with Crippen molar-refractivity contribution in [1.29, 1.82) is 0 Å². The number of rotatable bonds is 6. The van der Waals surface area contributed by atoms with Crippen molar-refractivity contribution in [3.8, 4) is 0 Å². The topological polar surface area (TPSA) is 120 Å². The molecule has 1 aliphatic heterocycles. The number of hydrogen-bond acceptors (Lipinski definition) is 8. The molecule has 3 N–H and O–H groups in total. The van der Waals surface area contributed by atoms with Gasteiger partial charge in [-0.15, -0.1) is 0 Å². The predicted octanol–water partition coefficient (Wildman–Crippen LogP) is 4.04. The molecule has 10 heteroatoms. The van der Waals surface area contributed by atoms with Crippen LogP contribution < -0.4 is 11.1 Å². The van der Waals surface area contributed by atoms with Gasteiger partial charge in [-0.25, -0.2) is 9.97 Å². The van der Waals surface area contributed by atoms with Gasteiger partial charge in [-0.05, 0) is 48.4 Å². The minimum absolute atomic E-state index is 0.00278.